The number of aryl methyl sites for hydroxylation is 2. The lowest BCUT2D eigenvalue weighted by atomic mass is 10.1. The fraction of sp³-hybridized carbons (Fsp3) is 0.130. The van der Waals surface area contributed by atoms with E-state index in [1.165, 1.54) is 5.56 Å². The Morgan fingerprint density at radius 2 is 1.15 bits per heavy atom. The van der Waals surface area contributed by atoms with Gasteiger partial charge >= 0.3 is 0 Å². The van der Waals surface area contributed by atoms with Gasteiger partial charge in [-0.05, 0) is 55.8 Å². The second-order valence-electron chi connectivity index (χ2n) is 6.57. The molecule has 3 aromatic rings. The number of anilines is 1. The van der Waals surface area contributed by atoms with Gasteiger partial charge < -0.3 is 10.6 Å². The largest absolute Gasteiger partial charge is 0.348 e. The average Bonchev–Trinajstić information content (AvgIpc) is 2.69. The zero-order valence-corrected chi connectivity index (χ0v) is 15.5. The average molecular weight is 358 g/mol. The summed E-state index contributed by atoms with van der Waals surface area (Å²) in [5.41, 5.74) is 5.13. The molecule has 0 unspecified atom stereocenters. The first-order valence-corrected chi connectivity index (χ1v) is 8.83. The molecule has 0 radical (unpaired) electrons. The predicted molar refractivity (Wildman–Crippen MR) is 108 cm³/mol. The van der Waals surface area contributed by atoms with E-state index in [0.717, 1.165) is 16.8 Å². The Bertz CT molecular complexity index is 928. The van der Waals surface area contributed by atoms with Crippen LogP contribution in [-0.4, -0.2) is 11.8 Å². The van der Waals surface area contributed by atoms with E-state index >= 15 is 0 Å². The van der Waals surface area contributed by atoms with Crippen molar-refractivity contribution < 1.29 is 9.59 Å². The zero-order valence-electron chi connectivity index (χ0n) is 15.5. The van der Waals surface area contributed by atoms with Crippen molar-refractivity contribution in [3.05, 3.63) is 101 Å². The number of rotatable bonds is 5. The highest BCUT2D eigenvalue weighted by Gasteiger charge is 2.09. The molecule has 3 aromatic carbocycles. The Morgan fingerprint density at radius 1 is 0.667 bits per heavy atom. The van der Waals surface area contributed by atoms with Gasteiger partial charge in [-0.15, -0.1) is 0 Å². The van der Waals surface area contributed by atoms with Crippen molar-refractivity contribution in [3.63, 3.8) is 0 Å². The van der Waals surface area contributed by atoms with E-state index in [0.29, 0.717) is 17.7 Å². The molecule has 0 aliphatic heterocycles. The Kier molecular flexibility index (Phi) is 5.67. The Hall–Kier alpha value is -3.40. The summed E-state index contributed by atoms with van der Waals surface area (Å²) < 4.78 is 0. The molecule has 0 bridgehead atoms. The predicted octanol–water partition coefficient (Wildman–Crippen LogP) is 4.49. The van der Waals surface area contributed by atoms with Crippen LogP contribution in [-0.2, 0) is 6.54 Å². The molecule has 0 spiro atoms. The molecule has 0 aromatic heterocycles. The summed E-state index contributed by atoms with van der Waals surface area (Å²) in [5.74, 6) is -0.369. The van der Waals surface area contributed by atoms with Gasteiger partial charge in [-0.1, -0.05) is 47.5 Å². The van der Waals surface area contributed by atoms with E-state index in [-0.39, 0.29) is 11.8 Å². The molecular weight excluding hydrogens is 336 g/mol. The Balaban J connectivity index is 1.58. The maximum atomic E-state index is 12.3. The first-order valence-electron chi connectivity index (χ1n) is 8.83. The summed E-state index contributed by atoms with van der Waals surface area (Å²) in [4.78, 5) is 24.6. The normalized spacial score (nSPS) is 10.3. The van der Waals surface area contributed by atoms with E-state index in [4.69, 9.17) is 0 Å². The van der Waals surface area contributed by atoms with E-state index in [2.05, 4.69) is 10.6 Å². The van der Waals surface area contributed by atoms with Crippen LogP contribution in [0.1, 0.15) is 37.4 Å². The molecule has 0 fully saturated rings. The summed E-state index contributed by atoms with van der Waals surface area (Å²) in [6.07, 6.45) is 0. The molecule has 0 atom stereocenters. The maximum Gasteiger partial charge on any atom is 0.255 e. The number of hydrogen-bond donors (Lipinski definition) is 2. The number of benzene rings is 3. The van der Waals surface area contributed by atoms with Crippen LogP contribution in [0.25, 0.3) is 0 Å². The van der Waals surface area contributed by atoms with Crippen molar-refractivity contribution in [1.29, 1.82) is 0 Å². The standard InChI is InChI=1S/C23H22N2O2/c1-16-3-7-18(8-4-16)15-24-22(26)19-9-11-20(12-10-19)23(27)25-21-13-5-17(2)6-14-21/h3-14H,15H2,1-2H3,(H,24,26)(H,25,27). The molecule has 27 heavy (non-hydrogen) atoms. The molecule has 0 saturated heterocycles. The van der Waals surface area contributed by atoms with Crippen LogP contribution < -0.4 is 10.6 Å². The Labute approximate surface area is 159 Å². The van der Waals surface area contributed by atoms with Gasteiger partial charge in [0.25, 0.3) is 11.8 Å². The van der Waals surface area contributed by atoms with Gasteiger partial charge in [0, 0.05) is 23.4 Å². The molecule has 2 amide bonds. The van der Waals surface area contributed by atoms with Crippen molar-refractivity contribution in [2.75, 3.05) is 5.32 Å². The summed E-state index contributed by atoms with van der Waals surface area (Å²) in [7, 11) is 0. The van der Waals surface area contributed by atoms with Crippen LogP contribution in [0, 0.1) is 13.8 Å². The molecule has 3 rings (SSSR count). The minimum Gasteiger partial charge on any atom is -0.348 e. The molecule has 4 heteroatoms. The highest BCUT2D eigenvalue weighted by atomic mass is 16.2. The fourth-order valence-corrected chi connectivity index (χ4v) is 2.60. The van der Waals surface area contributed by atoms with Gasteiger partial charge in [-0.25, -0.2) is 0 Å². The van der Waals surface area contributed by atoms with E-state index < -0.39 is 0 Å². The number of hydrogen-bond acceptors (Lipinski definition) is 2. The highest BCUT2D eigenvalue weighted by molar-refractivity contribution is 6.05. The second kappa shape index (κ2) is 8.32. The molecule has 0 aliphatic rings. The van der Waals surface area contributed by atoms with Gasteiger partial charge in [0.05, 0.1) is 0 Å². The topological polar surface area (TPSA) is 58.2 Å². The lowest BCUT2D eigenvalue weighted by Gasteiger charge is -2.08. The van der Waals surface area contributed by atoms with Gasteiger partial charge in [0.1, 0.15) is 0 Å². The summed E-state index contributed by atoms with van der Waals surface area (Å²) in [6, 6.07) is 22.3. The zero-order chi connectivity index (χ0) is 19.2. The third-order valence-corrected chi connectivity index (χ3v) is 4.29. The molecule has 0 aliphatic carbocycles. The van der Waals surface area contributed by atoms with Crippen molar-refractivity contribution in [2.45, 2.75) is 20.4 Å². The van der Waals surface area contributed by atoms with Gasteiger partial charge in [-0.2, -0.15) is 0 Å². The molecule has 2 N–H and O–H groups in total. The molecular formula is C23H22N2O2. The summed E-state index contributed by atoms with van der Waals surface area (Å²) in [6.45, 7) is 4.49. The van der Waals surface area contributed by atoms with Gasteiger partial charge in [0.2, 0.25) is 0 Å². The smallest absolute Gasteiger partial charge is 0.255 e. The lowest BCUT2D eigenvalue weighted by Crippen LogP contribution is -2.23. The van der Waals surface area contributed by atoms with Crippen molar-refractivity contribution in [2.24, 2.45) is 0 Å². The van der Waals surface area contributed by atoms with Crippen LogP contribution in [0.2, 0.25) is 0 Å². The SMILES string of the molecule is Cc1ccc(CNC(=O)c2ccc(C(=O)Nc3ccc(C)cc3)cc2)cc1. The van der Waals surface area contributed by atoms with Crippen LogP contribution in [0.3, 0.4) is 0 Å². The van der Waals surface area contributed by atoms with Crippen LogP contribution in [0.4, 0.5) is 5.69 Å². The van der Waals surface area contributed by atoms with E-state index in [9.17, 15) is 9.59 Å². The van der Waals surface area contributed by atoms with Crippen LogP contribution in [0.5, 0.6) is 0 Å². The highest BCUT2D eigenvalue weighted by Crippen LogP contribution is 2.12. The van der Waals surface area contributed by atoms with E-state index in [1.807, 2.05) is 62.4 Å². The van der Waals surface area contributed by atoms with Crippen molar-refractivity contribution in [3.8, 4) is 0 Å². The van der Waals surface area contributed by atoms with Gasteiger partial charge in [0.15, 0.2) is 0 Å². The fourth-order valence-electron chi connectivity index (χ4n) is 2.60. The van der Waals surface area contributed by atoms with Crippen LogP contribution >= 0.6 is 0 Å². The first kappa shape index (κ1) is 18.4. The number of nitrogens with one attached hydrogen (secondary N) is 2. The third-order valence-electron chi connectivity index (χ3n) is 4.29. The lowest BCUT2D eigenvalue weighted by molar-refractivity contribution is 0.0949. The molecule has 136 valence electrons. The minimum absolute atomic E-state index is 0.166. The Morgan fingerprint density at radius 3 is 1.70 bits per heavy atom. The number of amides is 2. The number of carbonyl (C=O) groups is 2. The number of carbonyl (C=O) groups excluding carboxylic acids is 2. The van der Waals surface area contributed by atoms with Crippen molar-refractivity contribution >= 4 is 17.5 Å². The quantitative estimate of drug-likeness (QED) is 0.706. The van der Waals surface area contributed by atoms with Crippen molar-refractivity contribution in [1.82, 2.24) is 5.32 Å². The monoisotopic (exact) mass is 358 g/mol. The molecule has 4 nitrogen and oxygen atoms in total. The maximum absolute atomic E-state index is 12.3. The first-order chi connectivity index (χ1) is 13.0. The summed E-state index contributed by atoms with van der Waals surface area (Å²) >= 11 is 0. The minimum atomic E-state index is -0.203. The second-order valence-corrected chi connectivity index (χ2v) is 6.57. The van der Waals surface area contributed by atoms with Crippen LogP contribution in [0.15, 0.2) is 72.8 Å². The summed E-state index contributed by atoms with van der Waals surface area (Å²) in [5, 5.41) is 5.73. The van der Waals surface area contributed by atoms with E-state index in [1.54, 1.807) is 24.3 Å². The van der Waals surface area contributed by atoms with Gasteiger partial charge in [-0.3, -0.25) is 9.59 Å². The molecule has 0 heterocycles. The molecule has 0 saturated carbocycles. The third kappa shape index (κ3) is 5.05.